The highest BCUT2D eigenvalue weighted by atomic mass is 32.1. The molecule has 1 N–H and O–H groups in total. The van der Waals surface area contributed by atoms with Crippen molar-refractivity contribution in [3.8, 4) is 22.1 Å². The van der Waals surface area contributed by atoms with Gasteiger partial charge in [-0.1, -0.05) is 19.1 Å². The molecule has 0 spiro atoms. The van der Waals surface area contributed by atoms with Crippen molar-refractivity contribution in [3.63, 3.8) is 0 Å². The number of carbonyl (C=O) groups is 2. The number of nitrogens with zero attached hydrogens (tertiary/aromatic N) is 4. The summed E-state index contributed by atoms with van der Waals surface area (Å²) in [4.78, 5) is 38.3. The third-order valence-electron chi connectivity index (χ3n) is 7.23. The topological polar surface area (TPSA) is 87.7 Å². The molecule has 1 fully saturated rings. The van der Waals surface area contributed by atoms with Crippen molar-refractivity contribution in [1.29, 1.82) is 0 Å². The summed E-state index contributed by atoms with van der Waals surface area (Å²) in [5, 5.41) is 3.36. The first kappa shape index (κ1) is 29.3. The van der Waals surface area contributed by atoms with Gasteiger partial charge in [-0.2, -0.15) is 0 Å². The number of nitrogens with one attached hydrogen (secondary N) is 1. The van der Waals surface area contributed by atoms with Crippen molar-refractivity contribution in [2.24, 2.45) is 0 Å². The van der Waals surface area contributed by atoms with Crippen LogP contribution in [0.25, 0.3) is 20.8 Å². The number of fused-ring (bicyclic) bond motifs is 1. The lowest BCUT2D eigenvalue weighted by Gasteiger charge is -2.17. The van der Waals surface area contributed by atoms with Crippen LogP contribution in [0.3, 0.4) is 0 Å². The molecule has 4 heterocycles. The number of anilines is 1. The molecule has 0 bridgehead atoms. The zero-order valence-electron chi connectivity index (χ0n) is 23.9. The standard InChI is InChI=1S/C33H29F2N5O3S/c1-2-12-36-19-22-3-9-26(38-20-22)30-18-27-32(44-30)29(11-13-37-27)43-28-10-4-21(16-25(28)35)17-31(41)40-15-14-39(33(40)42)24-7-5-23(34)6-8-24/h3-11,13,16,18,20,36H,2,12,14-15,17,19H2,1H3. The SMILES string of the molecule is CCCNCc1ccc(-c2cc3nccc(Oc4ccc(CC(=O)N5CCN(c6ccc(F)cc6)C5=O)cc4F)c3s2)nc1. The lowest BCUT2D eigenvalue weighted by atomic mass is 10.1. The Balaban J connectivity index is 1.13. The molecule has 1 aliphatic heterocycles. The van der Waals surface area contributed by atoms with Gasteiger partial charge in [-0.05, 0) is 72.6 Å². The number of benzene rings is 2. The summed E-state index contributed by atoms with van der Waals surface area (Å²) in [7, 11) is 0. The van der Waals surface area contributed by atoms with Crippen LogP contribution in [-0.2, 0) is 17.8 Å². The van der Waals surface area contributed by atoms with E-state index in [1.165, 1.54) is 52.6 Å². The van der Waals surface area contributed by atoms with Crippen LogP contribution in [0, 0.1) is 11.6 Å². The van der Waals surface area contributed by atoms with Crippen LogP contribution in [0.15, 0.2) is 79.1 Å². The molecule has 44 heavy (non-hydrogen) atoms. The number of imide groups is 1. The lowest BCUT2D eigenvalue weighted by Crippen LogP contribution is -2.37. The first-order valence-corrected chi connectivity index (χ1v) is 15.1. The fourth-order valence-corrected chi connectivity index (χ4v) is 6.00. The molecule has 3 amide bonds. The summed E-state index contributed by atoms with van der Waals surface area (Å²) < 4.78 is 35.2. The minimum Gasteiger partial charge on any atom is -0.453 e. The van der Waals surface area contributed by atoms with Crippen molar-refractivity contribution in [2.75, 3.05) is 24.5 Å². The fraction of sp³-hybridized carbons (Fsp3) is 0.212. The molecule has 5 aromatic rings. The average Bonchev–Trinajstić information content (AvgIpc) is 3.64. The Kier molecular flexibility index (Phi) is 8.58. The predicted octanol–water partition coefficient (Wildman–Crippen LogP) is 6.94. The van der Waals surface area contributed by atoms with E-state index in [4.69, 9.17) is 4.74 Å². The zero-order chi connectivity index (χ0) is 30.6. The number of halogens is 2. The second-order valence-corrected chi connectivity index (χ2v) is 11.4. The fourth-order valence-electron chi connectivity index (χ4n) is 4.96. The van der Waals surface area contributed by atoms with Crippen LogP contribution in [0.4, 0.5) is 19.3 Å². The van der Waals surface area contributed by atoms with Gasteiger partial charge in [-0.15, -0.1) is 11.3 Å². The monoisotopic (exact) mass is 613 g/mol. The number of pyridine rings is 2. The van der Waals surface area contributed by atoms with Crippen LogP contribution in [0.1, 0.15) is 24.5 Å². The molecular weight excluding hydrogens is 584 g/mol. The smallest absolute Gasteiger partial charge is 0.331 e. The average molecular weight is 614 g/mol. The highest BCUT2D eigenvalue weighted by molar-refractivity contribution is 7.22. The summed E-state index contributed by atoms with van der Waals surface area (Å²) in [5.41, 5.74) is 3.55. The molecule has 0 atom stereocenters. The van der Waals surface area contributed by atoms with E-state index in [1.54, 1.807) is 18.3 Å². The number of thiophene rings is 1. The summed E-state index contributed by atoms with van der Waals surface area (Å²) >= 11 is 1.46. The maximum absolute atomic E-state index is 15.2. The number of rotatable bonds is 10. The lowest BCUT2D eigenvalue weighted by molar-refractivity contribution is -0.126. The van der Waals surface area contributed by atoms with Gasteiger partial charge < -0.3 is 10.1 Å². The summed E-state index contributed by atoms with van der Waals surface area (Å²) in [6, 6.07) is 17.0. The molecule has 0 unspecified atom stereocenters. The van der Waals surface area contributed by atoms with Gasteiger partial charge in [0.1, 0.15) is 11.6 Å². The molecule has 0 aliphatic carbocycles. The molecule has 8 nitrogen and oxygen atoms in total. The van der Waals surface area contributed by atoms with E-state index in [0.29, 0.717) is 29.1 Å². The number of ether oxygens (including phenoxy) is 1. The third kappa shape index (κ3) is 6.29. The van der Waals surface area contributed by atoms with E-state index < -0.39 is 23.6 Å². The highest BCUT2D eigenvalue weighted by Crippen LogP contribution is 2.39. The second kappa shape index (κ2) is 12.9. The molecule has 11 heteroatoms. The number of hydrogen-bond acceptors (Lipinski definition) is 7. The van der Waals surface area contributed by atoms with Gasteiger partial charge in [-0.3, -0.25) is 24.6 Å². The van der Waals surface area contributed by atoms with Crippen LogP contribution in [-0.4, -0.2) is 46.4 Å². The summed E-state index contributed by atoms with van der Waals surface area (Å²) in [6.45, 7) is 4.32. The van der Waals surface area contributed by atoms with E-state index in [1.807, 2.05) is 24.4 Å². The van der Waals surface area contributed by atoms with Crippen molar-refractivity contribution >= 4 is 39.2 Å². The molecule has 6 rings (SSSR count). The molecular formula is C33H29F2N5O3S. The van der Waals surface area contributed by atoms with Crippen molar-refractivity contribution in [3.05, 3.63) is 102 Å². The Morgan fingerprint density at radius 3 is 2.55 bits per heavy atom. The van der Waals surface area contributed by atoms with Gasteiger partial charge in [0.15, 0.2) is 11.6 Å². The number of urea groups is 1. The molecule has 224 valence electrons. The van der Waals surface area contributed by atoms with Gasteiger partial charge >= 0.3 is 6.03 Å². The molecule has 0 radical (unpaired) electrons. The van der Waals surface area contributed by atoms with E-state index in [0.717, 1.165) is 45.2 Å². The van der Waals surface area contributed by atoms with E-state index in [-0.39, 0.29) is 18.7 Å². The van der Waals surface area contributed by atoms with Crippen molar-refractivity contribution < 1.29 is 23.1 Å². The second-order valence-electron chi connectivity index (χ2n) is 10.4. The Hall–Kier alpha value is -4.74. The molecule has 1 saturated heterocycles. The molecule has 2 aromatic carbocycles. The van der Waals surface area contributed by atoms with Gasteiger partial charge in [0.2, 0.25) is 5.91 Å². The van der Waals surface area contributed by atoms with Gasteiger partial charge in [0.25, 0.3) is 0 Å². The Morgan fingerprint density at radius 1 is 0.977 bits per heavy atom. The minimum atomic E-state index is -0.633. The maximum atomic E-state index is 15.2. The van der Waals surface area contributed by atoms with Crippen molar-refractivity contribution in [1.82, 2.24) is 20.2 Å². The minimum absolute atomic E-state index is 0.00504. The third-order valence-corrected chi connectivity index (χ3v) is 8.39. The predicted molar refractivity (Wildman–Crippen MR) is 166 cm³/mol. The van der Waals surface area contributed by atoms with E-state index in [9.17, 15) is 14.0 Å². The number of amides is 3. The number of aromatic nitrogens is 2. The van der Waals surface area contributed by atoms with Gasteiger partial charge in [0, 0.05) is 43.8 Å². The first-order valence-electron chi connectivity index (χ1n) is 14.3. The van der Waals surface area contributed by atoms with Crippen molar-refractivity contribution in [2.45, 2.75) is 26.3 Å². The maximum Gasteiger partial charge on any atom is 0.331 e. The van der Waals surface area contributed by atoms with Crippen LogP contribution >= 0.6 is 11.3 Å². The molecule has 3 aromatic heterocycles. The van der Waals surface area contributed by atoms with Gasteiger partial charge in [0.05, 0.1) is 27.2 Å². The zero-order valence-corrected chi connectivity index (χ0v) is 24.7. The highest BCUT2D eigenvalue weighted by Gasteiger charge is 2.34. The van der Waals surface area contributed by atoms with E-state index in [2.05, 4.69) is 22.2 Å². The Morgan fingerprint density at radius 2 is 1.80 bits per heavy atom. The van der Waals surface area contributed by atoms with E-state index >= 15 is 4.39 Å². The van der Waals surface area contributed by atoms with Crippen LogP contribution < -0.4 is 15.0 Å². The molecule has 0 saturated carbocycles. The largest absolute Gasteiger partial charge is 0.453 e. The van der Waals surface area contributed by atoms with Crippen LogP contribution in [0.5, 0.6) is 11.5 Å². The summed E-state index contributed by atoms with van der Waals surface area (Å²) in [6.07, 6.45) is 4.38. The first-order chi connectivity index (χ1) is 21.4. The van der Waals surface area contributed by atoms with Gasteiger partial charge in [-0.25, -0.2) is 13.6 Å². The number of carbonyl (C=O) groups excluding carboxylic acids is 2. The molecule has 1 aliphatic rings. The van der Waals surface area contributed by atoms with Crippen LogP contribution in [0.2, 0.25) is 0 Å². The quantitative estimate of drug-likeness (QED) is 0.172. The number of hydrogen-bond donors (Lipinski definition) is 1. The summed E-state index contributed by atoms with van der Waals surface area (Å²) in [5.74, 6) is -1.03. The Bertz CT molecular complexity index is 1810. The Labute approximate surface area is 256 Å². The normalized spacial score (nSPS) is 13.2.